The van der Waals surface area contributed by atoms with E-state index in [-0.39, 0.29) is 11.8 Å². The van der Waals surface area contributed by atoms with E-state index in [9.17, 15) is 9.59 Å². The molecule has 2 amide bonds. The Morgan fingerprint density at radius 3 is 2.76 bits per heavy atom. The Kier molecular flexibility index (Phi) is 3.67. The second kappa shape index (κ2) is 5.48. The molecule has 0 aromatic heterocycles. The lowest BCUT2D eigenvalue weighted by Gasteiger charge is -2.26. The number of amides is 2. The van der Waals surface area contributed by atoms with Gasteiger partial charge in [0.15, 0.2) is 5.78 Å². The molecule has 0 aliphatic carbocycles. The molecule has 0 radical (unpaired) electrons. The monoisotopic (exact) mass is 392 g/mol. The minimum Gasteiger partial charge on any atom is -0.323 e. The van der Waals surface area contributed by atoms with Gasteiger partial charge in [0.2, 0.25) is 0 Å². The number of hydrogen-bond acceptors (Lipinski definition) is 2. The number of rotatable bonds is 2. The molecule has 1 aliphatic heterocycles. The van der Waals surface area contributed by atoms with Gasteiger partial charge in [-0.3, -0.25) is 4.79 Å². The zero-order chi connectivity index (χ0) is 15.0. The predicted molar refractivity (Wildman–Crippen MR) is 89.5 cm³/mol. The van der Waals surface area contributed by atoms with E-state index in [0.717, 1.165) is 14.8 Å². The Labute approximate surface area is 136 Å². The summed E-state index contributed by atoms with van der Waals surface area (Å²) in [5.41, 5.74) is 3.07. The first-order valence-corrected chi connectivity index (χ1v) is 7.58. The van der Waals surface area contributed by atoms with Crippen molar-refractivity contribution in [3.63, 3.8) is 0 Å². The molecule has 3 rings (SSSR count). The fraction of sp³-hybridized carbons (Fsp3) is 0.125. The highest BCUT2D eigenvalue weighted by Crippen LogP contribution is 2.25. The van der Waals surface area contributed by atoms with Crippen molar-refractivity contribution in [1.82, 2.24) is 4.90 Å². The van der Waals surface area contributed by atoms with Crippen molar-refractivity contribution >= 4 is 40.1 Å². The minimum absolute atomic E-state index is 0.00218. The summed E-state index contributed by atoms with van der Waals surface area (Å²) in [6.07, 6.45) is 0. The molecule has 1 aliphatic rings. The third-order valence-corrected chi connectivity index (χ3v) is 4.42. The maximum absolute atomic E-state index is 12.6. The molecule has 0 saturated heterocycles. The number of carbonyl (C=O) groups excluding carboxylic acids is 2. The molecule has 0 unspecified atom stereocenters. The summed E-state index contributed by atoms with van der Waals surface area (Å²) in [7, 11) is 1.73. The first kappa shape index (κ1) is 14.1. The molecule has 1 heterocycles. The topological polar surface area (TPSA) is 49.4 Å². The smallest absolute Gasteiger partial charge is 0.321 e. The number of nitrogens with zero attached hydrogens (tertiary/aromatic N) is 1. The molecule has 0 fully saturated rings. The quantitative estimate of drug-likeness (QED) is 0.629. The van der Waals surface area contributed by atoms with E-state index in [1.807, 2.05) is 30.3 Å². The summed E-state index contributed by atoms with van der Waals surface area (Å²) in [6.45, 7) is 0.508. The summed E-state index contributed by atoms with van der Waals surface area (Å²) in [5.74, 6) is 0.00218. The van der Waals surface area contributed by atoms with Gasteiger partial charge in [-0.1, -0.05) is 12.1 Å². The van der Waals surface area contributed by atoms with Crippen molar-refractivity contribution in [2.24, 2.45) is 0 Å². The summed E-state index contributed by atoms with van der Waals surface area (Å²) < 4.78 is 0.934. The average Bonchev–Trinajstić information content (AvgIpc) is 2.48. The second-order valence-electron chi connectivity index (χ2n) is 4.97. The molecule has 1 N–H and O–H groups in total. The molecule has 106 valence electrons. The van der Waals surface area contributed by atoms with E-state index in [1.54, 1.807) is 24.1 Å². The molecule has 21 heavy (non-hydrogen) atoms. The van der Waals surface area contributed by atoms with Gasteiger partial charge in [-0.2, -0.15) is 0 Å². The molecular weight excluding hydrogens is 379 g/mol. The Hall–Kier alpha value is -1.89. The zero-order valence-electron chi connectivity index (χ0n) is 11.4. The van der Waals surface area contributed by atoms with Crippen LogP contribution in [-0.2, 0) is 6.54 Å². The van der Waals surface area contributed by atoms with Gasteiger partial charge in [0.05, 0.1) is 0 Å². The number of benzene rings is 2. The van der Waals surface area contributed by atoms with Gasteiger partial charge in [-0.25, -0.2) is 4.79 Å². The maximum Gasteiger partial charge on any atom is 0.321 e. The van der Waals surface area contributed by atoms with Gasteiger partial charge in [-0.05, 0) is 58.5 Å². The molecule has 0 bridgehead atoms. The van der Waals surface area contributed by atoms with E-state index in [0.29, 0.717) is 17.7 Å². The minimum atomic E-state index is -0.126. The third kappa shape index (κ3) is 2.65. The van der Waals surface area contributed by atoms with Crippen LogP contribution in [0, 0.1) is 3.57 Å². The maximum atomic E-state index is 12.6. The standard InChI is InChI=1S/C16H13IN2O2/c1-19-9-11-8-10(6-7-14(11)18-16(19)21)15(20)12-4-2-3-5-13(12)17/h2-8H,9H2,1H3,(H,18,21). The lowest BCUT2D eigenvalue weighted by molar-refractivity contribution is 0.103. The highest BCUT2D eigenvalue weighted by atomic mass is 127. The van der Waals surface area contributed by atoms with E-state index in [2.05, 4.69) is 27.9 Å². The number of anilines is 1. The highest BCUT2D eigenvalue weighted by molar-refractivity contribution is 14.1. The number of fused-ring (bicyclic) bond motifs is 1. The first-order valence-electron chi connectivity index (χ1n) is 6.50. The number of ketones is 1. The van der Waals surface area contributed by atoms with E-state index in [1.165, 1.54) is 0 Å². The van der Waals surface area contributed by atoms with Crippen LogP contribution in [0.4, 0.5) is 10.5 Å². The molecule has 4 nitrogen and oxygen atoms in total. The number of halogens is 1. The van der Waals surface area contributed by atoms with Gasteiger partial charge < -0.3 is 10.2 Å². The van der Waals surface area contributed by atoms with Crippen molar-refractivity contribution in [1.29, 1.82) is 0 Å². The van der Waals surface area contributed by atoms with Crippen molar-refractivity contribution in [2.45, 2.75) is 6.54 Å². The van der Waals surface area contributed by atoms with Crippen LogP contribution in [-0.4, -0.2) is 23.8 Å². The Bertz CT molecular complexity index is 743. The molecular formula is C16H13IN2O2. The molecule has 2 aromatic rings. The molecule has 5 heteroatoms. The second-order valence-corrected chi connectivity index (χ2v) is 6.13. The van der Waals surface area contributed by atoms with Crippen molar-refractivity contribution in [3.8, 4) is 0 Å². The van der Waals surface area contributed by atoms with Gasteiger partial charge in [0.1, 0.15) is 0 Å². The van der Waals surface area contributed by atoms with Crippen LogP contribution in [0.5, 0.6) is 0 Å². The molecule has 2 aromatic carbocycles. The van der Waals surface area contributed by atoms with Crippen molar-refractivity contribution in [3.05, 3.63) is 62.7 Å². The first-order chi connectivity index (χ1) is 10.1. The summed E-state index contributed by atoms with van der Waals surface area (Å²) >= 11 is 2.17. The lowest BCUT2D eigenvalue weighted by atomic mass is 9.99. The fourth-order valence-electron chi connectivity index (χ4n) is 2.33. The number of urea groups is 1. The van der Waals surface area contributed by atoms with Crippen LogP contribution in [0.2, 0.25) is 0 Å². The van der Waals surface area contributed by atoms with Gasteiger partial charge >= 0.3 is 6.03 Å². The Balaban J connectivity index is 1.98. The number of nitrogens with one attached hydrogen (secondary N) is 1. The molecule has 0 atom stereocenters. The van der Waals surface area contributed by atoms with Crippen molar-refractivity contribution < 1.29 is 9.59 Å². The summed E-state index contributed by atoms with van der Waals surface area (Å²) in [5, 5.41) is 2.80. The molecule has 0 saturated carbocycles. The number of carbonyl (C=O) groups is 2. The van der Waals surface area contributed by atoms with Crippen molar-refractivity contribution in [2.75, 3.05) is 12.4 Å². The lowest BCUT2D eigenvalue weighted by Crippen LogP contribution is -2.35. The predicted octanol–water partition coefficient (Wildman–Crippen LogP) is 3.50. The SMILES string of the molecule is CN1Cc2cc(C(=O)c3ccccc3I)ccc2NC1=O. The van der Waals surface area contributed by atoms with E-state index in [4.69, 9.17) is 0 Å². The van der Waals surface area contributed by atoms with Gasteiger partial charge in [0, 0.05) is 34.0 Å². The normalized spacial score (nSPS) is 13.6. The Morgan fingerprint density at radius 2 is 2.00 bits per heavy atom. The van der Waals surface area contributed by atoms with Crippen LogP contribution in [0.25, 0.3) is 0 Å². The van der Waals surface area contributed by atoms with Crippen LogP contribution in [0.15, 0.2) is 42.5 Å². The number of hydrogen-bond donors (Lipinski definition) is 1. The van der Waals surface area contributed by atoms with Crippen LogP contribution < -0.4 is 5.32 Å². The van der Waals surface area contributed by atoms with Gasteiger partial charge in [0.25, 0.3) is 0 Å². The largest absolute Gasteiger partial charge is 0.323 e. The molecule has 0 spiro atoms. The van der Waals surface area contributed by atoms with Crippen LogP contribution >= 0.6 is 22.6 Å². The summed E-state index contributed by atoms with van der Waals surface area (Å²) in [4.78, 5) is 25.8. The third-order valence-electron chi connectivity index (χ3n) is 3.48. The van der Waals surface area contributed by atoms with E-state index >= 15 is 0 Å². The van der Waals surface area contributed by atoms with Gasteiger partial charge in [-0.15, -0.1) is 0 Å². The zero-order valence-corrected chi connectivity index (χ0v) is 13.5. The van der Waals surface area contributed by atoms with Crippen LogP contribution in [0.3, 0.4) is 0 Å². The van der Waals surface area contributed by atoms with E-state index < -0.39 is 0 Å². The highest BCUT2D eigenvalue weighted by Gasteiger charge is 2.21. The van der Waals surface area contributed by atoms with Crippen LogP contribution in [0.1, 0.15) is 21.5 Å². The fourth-order valence-corrected chi connectivity index (χ4v) is 2.96. The average molecular weight is 392 g/mol. The summed E-state index contributed by atoms with van der Waals surface area (Å²) in [6, 6.07) is 12.8. The Morgan fingerprint density at radius 1 is 1.24 bits per heavy atom.